The van der Waals surface area contributed by atoms with E-state index in [2.05, 4.69) is 42.7 Å². The van der Waals surface area contributed by atoms with E-state index in [0.717, 1.165) is 31.9 Å². The van der Waals surface area contributed by atoms with Crippen LogP contribution in [0.4, 0.5) is 23.3 Å². The molecule has 1 aromatic carbocycles. The van der Waals surface area contributed by atoms with Crippen LogP contribution in [0.1, 0.15) is 0 Å². The Kier molecular flexibility index (Phi) is 4.17. The Labute approximate surface area is 145 Å². The molecule has 1 aliphatic heterocycles. The van der Waals surface area contributed by atoms with Crippen LogP contribution in [0, 0.1) is 0 Å². The number of piperazine rings is 1. The van der Waals surface area contributed by atoms with Gasteiger partial charge >= 0.3 is 0 Å². The second kappa shape index (κ2) is 6.78. The minimum absolute atomic E-state index is 0.290. The third-order valence-electron chi connectivity index (χ3n) is 4.10. The molecule has 3 aromatic rings. The van der Waals surface area contributed by atoms with Crippen molar-refractivity contribution in [2.75, 3.05) is 42.1 Å². The molecule has 4 N–H and O–H groups in total. The summed E-state index contributed by atoms with van der Waals surface area (Å²) < 4.78 is 1.51. The van der Waals surface area contributed by atoms with Crippen LogP contribution in [0.5, 0.6) is 0 Å². The van der Waals surface area contributed by atoms with Crippen LogP contribution < -0.4 is 21.3 Å². The molecule has 2 aromatic heterocycles. The number of nitrogens with zero attached hydrogens (tertiary/aromatic N) is 5. The summed E-state index contributed by atoms with van der Waals surface area (Å²) in [6.45, 7) is 4.10. The van der Waals surface area contributed by atoms with E-state index in [-0.39, 0.29) is 0 Å². The summed E-state index contributed by atoms with van der Waals surface area (Å²) in [5, 5.41) is 10.9. The van der Waals surface area contributed by atoms with Crippen LogP contribution in [0.15, 0.2) is 48.7 Å². The highest BCUT2D eigenvalue weighted by atomic mass is 15.4. The highest BCUT2D eigenvalue weighted by Crippen LogP contribution is 2.21. The molecule has 0 unspecified atom stereocenters. The summed E-state index contributed by atoms with van der Waals surface area (Å²) in [6.07, 6.45) is 1.69. The van der Waals surface area contributed by atoms with Gasteiger partial charge in [0.15, 0.2) is 5.82 Å². The maximum absolute atomic E-state index is 5.95. The van der Waals surface area contributed by atoms with Crippen LogP contribution in [-0.2, 0) is 0 Å². The molecular formula is C17H20N8. The van der Waals surface area contributed by atoms with E-state index in [4.69, 9.17) is 5.73 Å². The smallest absolute Gasteiger partial charge is 0.248 e. The molecule has 8 nitrogen and oxygen atoms in total. The Morgan fingerprint density at radius 1 is 1.04 bits per heavy atom. The number of hydrogen-bond donors (Lipinski definition) is 3. The summed E-state index contributed by atoms with van der Waals surface area (Å²) in [6, 6.07) is 13.8. The van der Waals surface area contributed by atoms with Crippen molar-refractivity contribution in [1.29, 1.82) is 0 Å². The second-order valence-corrected chi connectivity index (χ2v) is 5.80. The number of hydrogen-bond acceptors (Lipinski definition) is 7. The first-order chi connectivity index (χ1) is 12.3. The first-order valence-corrected chi connectivity index (χ1v) is 8.26. The molecule has 0 aliphatic carbocycles. The number of benzene rings is 1. The van der Waals surface area contributed by atoms with Gasteiger partial charge in [0.05, 0.1) is 0 Å². The zero-order valence-corrected chi connectivity index (χ0v) is 13.8. The van der Waals surface area contributed by atoms with E-state index in [1.807, 2.05) is 30.3 Å². The molecule has 0 spiro atoms. The summed E-state index contributed by atoms with van der Waals surface area (Å²) in [4.78, 5) is 10.9. The normalized spacial score (nSPS) is 14.5. The van der Waals surface area contributed by atoms with Crippen LogP contribution in [0.25, 0.3) is 5.82 Å². The quantitative estimate of drug-likeness (QED) is 0.662. The zero-order valence-electron chi connectivity index (χ0n) is 13.8. The lowest BCUT2D eigenvalue weighted by Crippen LogP contribution is -2.43. The molecule has 1 fully saturated rings. The fourth-order valence-corrected chi connectivity index (χ4v) is 2.83. The molecule has 1 saturated heterocycles. The van der Waals surface area contributed by atoms with Crippen LogP contribution in [0.3, 0.4) is 0 Å². The molecule has 0 bridgehead atoms. The number of nitrogens with two attached hydrogens (primary N) is 1. The molecule has 0 amide bonds. The van der Waals surface area contributed by atoms with Crippen molar-refractivity contribution >= 4 is 23.3 Å². The summed E-state index contributed by atoms with van der Waals surface area (Å²) in [5.74, 6) is 1.37. The van der Waals surface area contributed by atoms with Crippen molar-refractivity contribution in [1.82, 2.24) is 25.1 Å². The molecule has 25 heavy (non-hydrogen) atoms. The Morgan fingerprint density at radius 3 is 2.56 bits per heavy atom. The summed E-state index contributed by atoms with van der Waals surface area (Å²) in [7, 11) is 0. The van der Waals surface area contributed by atoms with Gasteiger partial charge in [0.25, 0.3) is 0 Å². The second-order valence-electron chi connectivity index (χ2n) is 5.80. The highest BCUT2D eigenvalue weighted by Gasteiger charge is 2.12. The molecule has 3 heterocycles. The first kappa shape index (κ1) is 15.4. The van der Waals surface area contributed by atoms with Crippen molar-refractivity contribution in [3.8, 4) is 5.82 Å². The van der Waals surface area contributed by atoms with Gasteiger partial charge in [0.1, 0.15) is 0 Å². The molecular weight excluding hydrogens is 316 g/mol. The lowest BCUT2D eigenvalue weighted by molar-refractivity contribution is 0.589. The highest BCUT2D eigenvalue weighted by molar-refractivity contribution is 5.60. The average Bonchev–Trinajstić information content (AvgIpc) is 3.04. The number of aromatic nitrogens is 4. The van der Waals surface area contributed by atoms with E-state index >= 15 is 0 Å². The van der Waals surface area contributed by atoms with E-state index in [1.165, 1.54) is 10.4 Å². The maximum Gasteiger partial charge on any atom is 0.248 e. The average molecular weight is 336 g/mol. The lowest BCUT2D eigenvalue weighted by atomic mass is 10.2. The number of anilines is 4. The lowest BCUT2D eigenvalue weighted by Gasteiger charge is -2.29. The van der Waals surface area contributed by atoms with Gasteiger partial charge in [-0.2, -0.15) is 9.67 Å². The first-order valence-electron chi connectivity index (χ1n) is 8.26. The zero-order chi connectivity index (χ0) is 17.1. The molecule has 128 valence electrons. The predicted molar refractivity (Wildman–Crippen MR) is 98.4 cm³/mol. The monoisotopic (exact) mass is 336 g/mol. The Hall–Kier alpha value is -3.13. The SMILES string of the molecule is Nc1nc(Nc2ccc(N3CCNCC3)cc2)nn1-c1ccccn1. The van der Waals surface area contributed by atoms with Crippen LogP contribution >= 0.6 is 0 Å². The Bertz CT molecular complexity index is 822. The van der Waals surface area contributed by atoms with Crippen LogP contribution in [0.2, 0.25) is 0 Å². The number of pyridine rings is 1. The third kappa shape index (κ3) is 3.38. The van der Waals surface area contributed by atoms with Crippen molar-refractivity contribution < 1.29 is 0 Å². The van der Waals surface area contributed by atoms with Crippen molar-refractivity contribution in [2.24, 2.45) is 0 Å². The van der Waals surface area contributed by atoms with Gasteiger partial charge in [0.2, 0.25) is 11.9 Å². The van der Waals surface area contributed by atoms with Crippen molar-refractivity contribution in [3.05, 3.63) is 48.7 Å². The van der Waals surface area contributed by atoms with Gasteiger partial charge in [-0.3, -0.25) is 0 Å². The van der Waals surface area contributed by atoms with Gasteiger partial charge in [0, 0.05) is 43.8 Å². The Morgan fingerprint density at radius 2 is 1.84 bits per heavy atom. The number of nitrogens with one attached hydrogen (secondary N) is 2. The fraction of sp³-hybridized carbons (Fsp3) is 0.235. The largest absolute Gasteiger partial charge is 0.369 e. The van der Waals surface area contributed by atoms with Gasteiger partial charge < -0.3 is 21.3 Å². The van der Waals surface area contributed by atoms with Crippen LogP contribution in [-0.4, -0.2) is 45.9 Å². The summed E-state index contributed by atoms with van der Waals surface area (Å²) >= 11 is 0. The Balaban J connectivity index is 1.49. The van der Waals surface area contributed by atoms with Gasteiger partial charge in [-0.1, -0.05) is 6.07 Å². The minimum atomic E-state index is 0.290. The van der Waals surface area contributed by atoms with Gasteiger partial charge in [-0.15, -0.1) is 5.10 Å². The number of nitrogen functional groups attached to an aromatic ring is 1. The summed E-state index contributed by atoms with van der Waals surface area (Å²) in [5.41, 5.74) is 8.08. The molecule has 0 radical (unpaired) electrons. The molecule has 1 aliphatic rings. The van der Waals surface area contributed by atoms with E-state index in [1.54, 1.807) is 6.20 Å². The molecule has 0 atom stereocenters. The third-order valence-corrected chi connectivity index (χ3v) is 4.10. The van der Waals surface area contributed by atoms with E-state index < -0.39 is 0 Å². The molecule has 0 saturated carbocycles. The topological polar surface area (TPSA) is 96.9 Å². The fourth-order valence-electron chi connectivity index (χ4n) is 2.83. The van der Waals surface area contributed by atoms with Gasteiger partial charge in [-0.25, -0.2) is 4.98 Å². The number of rotatable bonds is 4. The molecule has 8 heteroatoms. The maximum atomic E-state index is 5.95. The minimum Gasteiger partial charge on any atom is -0.369 e. The molecule has 4 rings (SSSR count). The van der Waals surface area contributed by atoms with E-state index in [0.29, 0.717) is 17.7 Å². The predicted octanol–water partition coefficient (Wildman–Crippen LogP) is 1.40. The van der Waals surface area contributed by atoms with Crippen molar-refractivity contribution in [2.45, 2.75) is 0 Å². The van der Waals surface area contributed by atoms with Gasteiger partial charge in [-0.05, 0) is 36.4 Å². The van der Waals surface area contributed by atoms with E-state index in [9.17, 15) is 0 Å². The van der Waals surface area contributed by atoms with Crippen molar-refractivity contribution in [3.63, 3.8) is 0 Å². The standard InChI is InChI=1S/C17H20N8/c18-16-22-17(23-25(16)15-3-1-2-8-20-15)21-13-4-6-14(7-5-13)24-11-9-19-10-12-24/h1-8,19H,9-12H2,(H3,18,21,22,23).